The molecule has 0 aliphatic carbocycles. The average molecular weight is 372 g/mol. The summed E-state index contributed by atoms with van der Waals surface area (Å²) >= 11 is 3.38. The molecule has 1 atom stereocenters. The molecule has 2 N–H and O–H groups in total. The minimum absolute atomic E-state index is 0.243. The number of aliphatic carboxylic acids is 1. The molecule has 22 heavy (non-hydrogen) atoms. The Labute approximate surface area is 139 Å². The number of nitrogens with one attached hydrogen (secondary N) is 1. The number of carboxylic acid groups (broad SMARTS) is 1. The van der Waals surface area contributed by atoms with Crippen molar-refractivity contribution in [2.75, 3.05) is 0 Å². The Morgan fingerprint density at radius 1 is 1.18 bits per heavy atom. The molecule has 0 bridgehead atoms. The Balaban J connectivity index is 3.06. The van der Waals surface area contributed by atoms with Crippen molar-refractivity contribution in [3.63, 3.8) is 0 Å². The van der Waals surface area contributed by atoms with Crippen LogP contribution in [0.2, 0.25) is 0 Å². The first kappa shape index (κ1) is 18.5. The number of hydrogen-bond acceptors (Lipinski definition) is 3. The normalized spacial score (nSPS) is 12.9. The second kappa shape index (κ2) is 7.13. The summed E-state index contributed by atoms with van der Waals surface area (Å²) in [7, 11) is 0. The van der Waals surface area contributed by atoms with E-state index in [0.29, 0.717) is 5.56 Å². The molecule has 6 heteroatoms. The van der Waals surface area contributed by atoms with Gasteiger partial charge in [0.05, 0.1) is 0 Å². The van der Waals surface area contributed by atoms with E-state index in [1.165, 1.54) is 0 Å². The quantitative estimate of drug-likeness (QED) is 0.830. The summed E-state index contributed by atoms with van der Waals surface area (Å²) in [4.78, 5) is 23.4. The van der Waals surface area contributed by atoms with Gasteiger partial charge in [-0.2, -0.15) is 0 Å². The second-order valence-corrected chi connectivity index (χ2v) is 7.31. The zero-order valence-electron chi connectivity index (χ0n) is 13.4. The Kier molecular flexibility index (Phi) is 6.00. The second-order valence-electron chi connectivity index (χ2n) is 6.39. The average Bonchev–Trinajstić information content (AvgIpc) is 2.32. The molecule has 1 aromatic carbocycles. The fourth-order valence-corrected chi connectivity index (χ4v) is 2.38. The van der Waals surface area contributed by atoms with Gasteiger partial charge < -0.3 is 15.2 Å². The van der Waals surface area contributed by atoms with Crippen LogP contribution in [-0.4, -0.2) is 22.8 Å². The van der Waals surface area contributed by atoms with E-state index >= 15 is 0 Å². The minimum Gasteiger partial charge on any atom is -0.479 e. The van der Waals surface area contributed by atoms with E-state index in [9.17, 15) is 14.7 Å². The fraction of sp³-hybridized carbons (Fsp3) is 0.500. The lowest BCUT2D eigenvalue weighted by Crippen LogP contribution is -2.38. The van der Waals surface area contributed by atoms with Crippen molar-refractivity contribution in [3.8, 4) is 0 Å². The summed E-state index contributed by atoms with van der Waals surface area (Å²) in [5, 5.41) is 11.8. The van der Waals surface area contributed by atoms with Gasteiger partial charge in [0.25, 0.3) is 0 Å². The largest absolute Gasteiger partial charge is 0.479 e. The van der Waals surface area contributed by atoms with Crippen LogP contribution in [0.5, 0.6) is 0 Å². The molecule has 1 amide bonds. The van der Waals surface area contributed by atoms with Crippen LogP contribution in [0.1, 0.15) is 57.7 Å². The first-order chi connectivity index (χ1) is 9.99. The number of hydrogen-bond donors (Lipinski definition) is 2. The van der Waals surface area contributed by atoms with Crippen LogP contribution in [-0.2, 0) is 9.53 Å². The van der Waals surface area contributed by atoms with Gasteiger partial charge in [-0.05, 0) is 49.9 Å². The summed E-state index contributed by atoms with van der Waals surface area (Å²) in [5.74, 6) is -0.897. The predicted octanol–water partition coefficient (Wildman–Crippen LogP) is 4.22. The highest BCUT2D eigenvalue weighted by molar-refractivity contribution is 9.10. The van der Waals surface area contributed by atoms with Gasteiger partial charge in [-0.1, -0.05) is 35.8 Å². The smallest absolute Gasteiger partial charge is 0.408 e. The molecule has 122 valence electrons. The van der Waals surface area contributed by atoms with Gasteiger partial charge in [0, 0.05) is 4.47 Å². The molecule has 1 aromatic rings. The van der Waals surface area contributed by atoms with Gasteiger partial charge in [0.1, 0.15) is 5.60 Å². The Bertz CT molecular complexity index is 564. The van der Waals surface area contributed by atoms with E-state index in [1.54, 1.807) is 32.9 Å². The van der Waals surface area contributed by atoms with Crippen molar-refractivity contribution in [1.82, 2.24) is 5.32 Å². The van der Waals surface area contributed by atoms with Crippen LogP contribution < -0.4 is 5.32 Å². The van der Waals surface area contributed by atoms with Gasteiger partial charge in [0.2, 0.25) is 0 Å². The fourth-order valence-electron chi connectivity index (χ4n) is 1.85. The molecule has 0 saturated carbocycles. The van der Waals surface area contributed by atoms with Crippen LogP contribution in [0.25, 0.3) is 0 Å². The molecule has 0 aliphatic rings. The molecule has 0 spiro atoms. The monoisotopic (exact) mass is 371 g/mol. The third-order valence-electron chi connectivity index (χ3n) is 2.85. The molecular weight excluding hydrogens is 350 g/mol. The van der Waals surface area contributed by atoms with Crippen molar-refractivity contribution in [2.24, 2.45) is 0 Å². The number of amides is 1. The van der Waals surface area contributed by atoms with Crippen molar-refractivity contribution < 1.29 is 19.4 Å². The highest BCUT2D eigenvalue weighted by atomic mass is 79.9. The number of rotatable bonds is 4. The highest BCUT2D eigenvalue weighted by Gasteiger charge is 2.26. The van der Waals surface area contributed by atoms with Crippen molar-refractivity contribution in [3.05, 3.63) is 33.8 Å². The van der Waals surface area contributed by atoms with Gasteiger partial charge in [-0.15, -0.1) is 0 Å². The third-order valence-corrected chi connectivity index (χ3v) is 3.31. The molecule has 0 radical (unpaired) electrons. The van der Waals surface area contributed by atoms with Crippen molar-refractivity contribution in [2.45, 2.75) is 52.2 Å². The highest BCUT2D eigenvalue weighted by Crippen LogP contribution is 2.26. The number of carbonyl (C=O) groups excluding carboxylic acids is 1. The molecular formula is C16H22BrNO4. The van der Waals surface area contributed by atoms with E-state index in [0.717, 1.165) is 10.0 Å². The number of carbonyl (C=O) groups is 2. The third kappa shape index (κ3) is 5.67. The molecule has 5 nitrogen and oxygen atoms in total. The van der Waals surface area contributed by atoms with E-state index in [4.69, 9.17) is 4.74 Å². The topological polar surface area (TPSA) is 75.6 Å². The van der Waals surface area contributed by atoms with E-state index in [-0.39, 0.29) is 5.92 Å². The first-order valence-corrected chi connectivity index (χ1v) is 7.81. The predicted molar refractivity (Wildman–Crippen MR) is 88.0 cm³/mol. The van der Waals surface area contributed by atoms with Crippen LogP contribution in [0.3, 0.4) is 0 Å². The maximum absolute atomic E-state index is 11.8. The van der Waals surface area contributed by atoms with Crippen molar-refractivity contribution in [1.29, 1.82) is 0 Å². The maximum Gasteiger partial charge on any atom is 0.408 e. The number of alkyl carbamates (subject to hydrolysis) is 1. The zero-order chi connectivity index (χ0) is 17.1. The first-order valence-electron chi connectivity index (χ1n) is 7.02. The molecule has 1 rings (SSSR count). The summed E-state index contributed by atoms with van der Waals surface area (Å²) < 4.78 is 5.89. The molecule has 0 aromatic heterocycles. The summed E-state index contributed by atoms with van der Waals surface area (Å²) in [6, 6.07) is 4.23. The lowest BCUT2D eigenvalue weighted by molar-refractivity contribution is -0.139. The van der Waals surface area contributed by atoms with Gasteiger partial charge in [-0.25, -0.2) is 9.59 Å². The number of ether oxygens (including phenoxy) is 1. The minimum atomic E-state index is -1.16. The van der Waals surface area contributed by atoms with E-state index < -0.39 is 23.7 Å². The van der Waals surface area contributed by atoms with Crippen LogP contribution >= 0.6 is 15.9 Å². The number of benzene rings is 1. The SMILES string of the molecule is CC(C)c1cc(Br)cc(C(NC(=O)OC(C)(C)C)C(=O)O)c1. The Morgan fingerprint density at radius 3 is 2.18 bits per heavy atom. The zero-order valence-corrected chi connectivity index (χ0v) is 15.0. The Hall–Kier alpha value is -1.56. The van der Waals surface area contributed by atoms with Crippen LogP contribution in [0.4, 0.5) is 4.79 Å². The van der Waals surface area contributed by atoms with Gasteiger partial charge in [-0.3, -0.25) is 0 Å². The summed E-state index contributed by atoms with van der Waals surface area (Å²) in [6.07, 6.45) is -0.758. The summed E-state index contributed by atoms with van der Waals surface area (Å²) in [5.41, 5.74) is 0.797. The molecule has 1 unspecified atom stereocenters. The molecule has 0 fully saturated rings. The lowest BCUT2D eigenvalue weighted by Gasteiger charge is -2.22. The number of halogens is 1. The maximum atomic E-state index is 11.8. The standard InChI is InChI=1S/C16H22BrNO4/c1-9(2)10-6-11(8-12(17)7-10)13(14(19)20)18-15(21)22-16(3,4)5/h6-9,13H,1-5H3,(H,18,21)(H,19,20). The van der Waals surface area contributed by atoms with Gasteiger partial charge >= 0.3 is 12.1 Å². The van der Waals surface area contributed by atoms with Crippen LogP contribution in [0, 0.1) is 0 Å². The number of carboxylic acids is 1. The summed E-state index contributed by atoms with van der Waals surface area (Å²) in [6.45, 7) is 9.19. The van der Waals surface area contributed by atoms with Crippen molar-refractivity contribution >= 4 is 28.0 Å². The molecule has 0 heterocycles. The Morgan fingerprint density at radius 2 is 1.73 bits per heavy atom. The van der Waals surface area contributed by atoms with E-state index in [1.807, 2.05) is 19.9 Å². The van der Waals surface area contributed by atoms with Gasteiger partial charge in [0.15, 0.2) is 6.04 Å². The lowest BCUT2D eigenvalue weighted by atomic mass is 9.98. The van der Waals surface area contributed by atoms with Crippen LogP contribution in [0.15, 0.2) is 22.7 Å². The molecule has 0 saturated heterocycles. The molecule has 0 aliphatic heterocycles. The van der Waals surface area contributed by atoms with E-state index in [2.05, 4.69) is 21.2 Å².